The Kier molecular flexibility index (Phi) is 5.70. The van der Waals surface area contributed by atoms with Crippen LogP contribution in [-0.4, -0.2) is 65.6 Å². The predicted octanol–water partition coefficient (Wildman–Crippen LogP) is 3.00. The third kappa shape index (κ3) is 3.89. The minimum atomic E-state index is -0.449. The number of β-amino-alcohol motifs (C(OH)–C–C–N with tert-alkyl or cyclic N) is 1. The maximum absolute atomic E-state index is 13.2. The molecule has 0 saturated carbocycles. The van der Waals surface area contributed by atoms with Crippen LogP contribution < -0.4 is 10.6 Å². The van der Waals surface area contributed by atoms with Crippen molar-refractivity contribution in [3.8, 4) is 5.69 Å². The highest BCUT2D eigenvalue weighted by Crippen LogP contribution is 2.41. The summed E-state index contributed by atoms with van der Waals surface area (Å²) < 4.78 is 2.19. The second-order valence-corrected chi connectivity index (χ2v) is 10.2. The molecule has 7 nitrogen and oxygen atoms in total. The topological polar surface area (TPSA) is 91.8 Å². The van der Waals surface area contributed by atoms with Gasteiger partial charge in [-0.1, -0.05) is 32.0 Å². The number of amides is 1. The number of aliphatic hydroxyl groups excluding tert-OH is 1. The zero-order chi connectivity index (χ0) is 24.0. The monoisotopic (exact) mass is 460 g/mol. The second kappa shape index (κ2) is 8.56. The number of benzene rings is 2. The molecule has 178 valence electrons. The molecule has 34 heavy (non-hydrogen) atoms. The molecule has 3 aromatic rings. The summed E-state index contributed by atoms with van der Waals surface area (Å²) in [5.41, 5.74) is 10.8. The summed E-state index contributed by atoms with van der Waals surface area (Å²) in [7, 11) is 0. The molecule has 7 heteroatoms. The first-order chi connectivity index (χ1) is 16.3. The van der Waals surface area contributed by atoms with Crippen LogP contribution in [-0.2, 0) is 6.42 Å². The number of nitrogens with two attached hydrogens (primary N) is 1. The van der Waals surface area contributed by atoms with E-state index in [9.17, 15) is 14.7 Å². The zero-order valence-corrected chi connectivity index (χ0v) is 19.9. The van der Waals surface area contributed by atoms with Crippen molar-refractivity contribution in [3.63, 3.8) is 0 Å². The number of hydrogen-bond donors (Lipinski definition) is 2. The molecule has 1 aliphatic heterocycles. The van der Waals surface area contributed by atoms with Crippen LogP contribution in [0, 0.1) is 5.41 Å². The highest BCUT2D eigenvalue weighted by Gasteiger charge is 2.36. The lowest BCUT2D eigenvalue weighted by atomic mass is 9.75. The standard InChI is InChI=1S/C27H32N4O3/c1-27(2)16-23-25(24(33)17-27)19-5-3-4-6-21(19)31(23)18-7-8-20(26(28)34)22(15-18)30-11-9-29(10-12-30)13-14-32/h3-8,15,32H,9-14,16-17H2,1-2H3,(H2,28,34). The number of primary amides is 1. The van der Waals surface area contributed by atoms with E-state index in [0.717, 1.165) is 66.1 Å². The van der Waals surface area contributed by atoms with Gasteiger partial charge < -0.3 is 20.3 Å². The number of para-hydroxylation sites is 1. The molecule has 0 spiro atoms. The molecule has 2 aliphatic rings. The van der Waals surface area contributed by atoms with Crippen LogP contribution >= 0.6 is 0 Å². The predicted molar refractivity (Wildman–Crippen MR) is 134 cm³/mol. The largest absolute Gasteiger partial charge is 0.395 e. The van der Waals surface area contributed by atoms with Crippen molar-refractivity contribution in [2.75, 3.05) is 44.2 Å². The number of carbonyl (C=O) groups is 2. The highest BCUT2D eigenvalue weighted by molar-refractivity contribution is 6.11. The number of aliphatic hydroxyl groups is 1. The number of hydrogen-bond acceptors (Lipinski definition) is 5. The molecule has 1 saturated heterocycles. The van der Waals surface area contributed by atoms with E-state index < -0.39 is 5.91 Å². The molecule has 1 amide bonds. The number of rotatable bonds is 5. The van der Waals surface area contributed by atoms with Crippen molar-refractivity contribution < 1.29 is 14.7 Å². The van der Waals surface area contributed by atoms with Crippen LogP contribution in [0.3, 0.4) is 0 Å². The number of carbonyl (C=O) groups excluding carboxylic acids is 2. The molecule has 1 aliphatic carbocycles. The van der Waals surface area contributed by atoms with Gasteiger partial charge in [-0.05, 0) is 36.1 Å². The molecule has 1 fully saturated rings. The van der Waals surface area contributed by atoms with Gasteiger partial charge in [0.25, 0.3) is 5.91 Å². The molecule has 3 N–H and O–H groups in total. The van der Waals surface area contributed by atoms with Gasteiger partial charge in [0.15, 0.2) is 5.78 Å². The molecule has 0 bridgehead atoms. The third-order valence-electron chi connectivity index (χ3n) is 7.17. The number of Topliss-reactive ketones (excluding diaryl/α,β-unsaturated/α-hetero) is 1. The third-order valence-corrected chi connectivity index (χ3v) is 7.17. The number of fused-ring (bicyclic) bond motifs is 3. The van der Waals surface area contributed by atoms with Crippen molar-refractivity contribution in [1.82, 2.24) is 9.47 Å². The number of ketones is 1. The van der Waals surface area contributed by atoms with Gasteiger partial charge in [0.1, 0.15) is 0 Å². The average Bonchev–Trinajstić information content (AvgIpc) is 3.12. The zero-order valence-electron chi connectivity index (χ0n) is 19.9. The van der Waals surface area contributed by atoms with Crippen LogP contribution in [0.1, 0.15) is 46.7 Å². The lowest BCUT2D eigenvalue weighted by Crippen LogP contribution is -2.47. The normalized spacial score (nSPS) is 18.3. The summed E-state index contributed by atoms with van der Waals surface area (Å²) >= 11 is 0. The van der Waals surface area contributed by atoms with Crippen molar-refractivity contribution in [1.29, 1.82) is 0 Å². The van der Waals surface area contributed by atoms with E-state index in [4.69, 9.17) is 5.73 Å². The SMILES string of the molecule is CC1(C)CC(=O)c2c(n(-c3ccc(C(N)=O)c(N4CCN(CCO)CC4)c3)c3ccccc23)C1. The molecule has 0 unspecified atom stereocenters. The van der Waals surface area contributed by atoms with E-state index >= 15 is 0 Å². The quantitative estimate of drug-likeness (QED) is 0.611. The van der Waals surface area contributed by atoms with Gasteiger partial charge in [-0.3, -0.25) is 14.5 Å². The molecular weight excluding hydrogens is 428 g/mol. The Bertz CT molecular complexity index is 1270. The molecule has 2 aromatic carbocycles. The fourth-order valence-corrected chi connectivity index (χ4v) is 5.59. The van der Waals surface area contributed by atoms with E-state index in [-0.39, 0.29) is 17.8 Å². The maximum Gasteiger partial charge on any atom is 0.250 e. The Morgan fingerprint density at radius 2 is 1.79 bits per heavy atom. The summed E-state index contributed by atoms with van der Waals surface area (Å²) in [5.74, 6) is -0.259. The average molecular weight is 461 g/mol. The first kappa shape index (κ1) is 22.6. The van der Waals surface area contributed by atoms with Crippen LogP contribution in [0.2, 0.25) is 0 Å². The molecule has 0 atom stereocenters. The molecule has 0 radical (unpaired) electrons. The van der Waals surface area contributed by atoms with Crippen molar-refractivity contribution in [2.45, 2.75) is 26.7 Å². The number of nitrogens with zero attached hydrogens (tertiary/aromatic N) is 3. The van der Waals surface area contributed by atoms with Gasteiger partial charge in [0.05, 0.1) is 23.4 Å². The summed E-state index contributed by atoms with van der Waals surface area (Å²) in [4.78, 5) is 29.9. The summed E-state index contributed by atoms with van der Waals surface area (Å²) in [5, 5.41) is 10.2. The minimum absolute atomic E-state index is 0.116. The van der Waals surface area contributed by atoms with Crippen molar-refractivity contribution in [2.24, 2.45) is 11.1 Å². The van der Waals surface area contributed by atoms with Gasteiger partial charge in [0, 0.05) is 61.5 Å². The van der Waals surface area contributed by atoms with E-state index in [2.05, 4.69) is 34.3 Å². The van der Waals surface area contributed by atoms with Crippen LogP contribution in [0.25, 0.3) is 16.6 Å². The summed E-state index contributed by atoms with van der Waals surface area (Å²) in [6.45, 7) is 8.21. The van der Waals surface area contributed by atoms with Crippen LogP contribution in [0.4, 0.5) is 5.69 Å². The lowest BCUT2D eigenvalue weighted by Gasteiger charge is -2.36. The summed E-state index contributed by atoms with van der Waals surface area (Å²) in [6.07, 6.45) is 1.34. The van der Waals surface area contributed by atoms with Gasteiger partial charge in [-0.2, -0.15) is 0 Å². The first-order valence-corrected chi connectivity index (χ1v) is 12.0. The van der Waals surface area contributed by atoms with E-state index in [1.807, 2.05) is 36.4 Å². The molecule has 2 heterocycles. The Hall–Kier alpha value is -3.16. The molecule has 1 aromatic heterocycles. The van der Waals surface area contributed by atoms with Gasteiger partial charge in [-0.15, -0.1) is 0 Å². The van der Waals surface area contributed by atoms with E-state index in [1.54, 1.807) is 0 Å². The van der Waals surface area contributed by atoms with E-state index in [1.165, 1.54) is 0 Å². The Morgan fingerprint density at radius 1 is 1.06 bits per heavy atom. The number of piperazine rings is 1. The maximum atomic E-state index is 13.2. The molecular formula is C27H32N4O3. The first-order valence-electron chi connectivity index (χ1n) is 12.0. The van der Waals surface area contributed by atoms with Crippen LogP contribution in [0.15, 0.2) is 42.5 Å². The van der Waals surface area contributed by atoms with Crippen molar-refractivity contribution >= 4 is 28.3 Å². The van der Waals surface area contributed by atoms with Gasteiger partial charge in [0.2, 0.25) is 0 Å². The summed E-state index contributed by atoms with van der Waals surface area (Å²) in [6, 6.07) is 13.9. The Balaban J connectivity index is 1.64. The lowest BCUT2D eigenvalue weighted by molar-refractivity contribution is 0.0912. The second-order valence-electron chi connectivity index (χ2n) is 10.2. The number of aromatic nitrogens is 1. The minimum Gasteiger partial charge on any atom is -0.395 e. The fourth-order valence-electron chi connectivity index (χ4n) is 5.59. The Labute approximate surface area is 199 Å². The highest BCUT2D eigenvalue weighted by atomic mass is 16.3. The smallest absolute Gasteiger partial charge is 0.250 e. The van der Waals surface area contributed by atoms with Gasteiger partial charge >= 0.3 is 0 Å². The molecule has 5 rings (SSSR count). The van der Waals surface area contributed by atoms with Gasteiger partial charge in [-0.25, -0.2) is 0 Å². The number of anilines is 1. The fraction of sp³-hybridized carbons (Fsp3) is 0.407. The Morgan fingerprint density at radius 3 is 2.50 bits per heavy atom. The van der Waals surface area contributed by atoms with Crippen LogP contribution in [0.5, 0.6) is 0 Å². The van der Waals surface area contributed by atoms with Crippen molar-refractivity contribution in [3.05, 3.63) is 59.3 Å². The van der Waals surface area contributed by atoms with E-state index in [0.29, 0.717) is 18.5 Å².